The lowest BCUT2D eigenvalue weighted by Crippen LogP contribution is -2.69. The van der Waals surface area contributed by atoms with Gasteiger partial charge in [0.25, 0.3) is 0 Å². The molecule has 100 valence electrons. The zero-order valence-electron chi connectivity index (χ0n) is 9.95. The van der Waals surface area contributed by atoms with Gasteiger partial charge in [-0.15, -0.1) is 0 Å². The molecule has 0 saturated heterocycles. The van der Waals surface area contributed by atoms with Crippen LogP contribution in [0.3, 0.4) is 0 Å². The van der Waals surface area contributed by atoms with Gasteiger partial charge >= 0.3 is 13.6 Å². The highest BCUT2D eigenvalue weighted by Gasteiger charge is 2.38. The van der Waals surface area contributed by atoms with Crippen LogP contribution in [0, 0.1) is 17.8 Å². The van der Waals surface area contributed by atoms with E-state index < -0.39 is 19.6 Å². The highest BCUT2D eigenvalue weighted by Crippen LogP contribution is 2.44. The van der Waals surface area contributed by atoms with Crippen LogP contribution in [0.15, 0.2) is 0 Å². The fourth-order valence-electron chi connectivity index (χ4n) is 2.69. The minimum absolute atomic E-state index is 0.0827. The van der Waals surface area contributed by atoms with Crippen molar-refractivity contribution in [3.05, 3.63) is 0 Å². The van der Waals surface area contributed by atoms with Gasteiger partial charge < -0.3 is 20.6 Å². The smallest absolute Gasteiger partial charge is 0.362 e. The molecule has 0 spiro atoms. The van der Waals surface area contributed by atoms with Gasteiger partial charge in [0.05, 0.1) is 6.16 Å². The van der Waals surface area contributed by atoms with Gasteiger partial charge in [-0.05, 0) is 31.1 Å². The summed E-state index contributed by atoms with van der Waals surface area (Å²) in [7, 11) is -4.00. The minimum Gasteiger partial charge on any atom is -0.477 e. The number of carbonyl (C=O) groups is 1. The van der Waals surface area contributed by atoms with E-state index in [1.165, 1.54) is 0 Å². The third kappa shape index (κ3) is 4.39. The molecule has 0 aromatic heterocycles. The van der Waals surface area contributed by atoms with Gasteiger partial charge in [-0.2, -0.15) is 0 Å². The molecule has 0 heterocycles. The maximum absolute atomic E-state index is 11.0. The Morgan fingerprint density at radius 1 is 1.47 bits per heavy atom. The lowest BCUT2D eigenvalue weighted by atomic mass is 9.72. The minimum atomic E-state index is -4.00. The molecule has 0 aliphatic heterocycles. The zero-order valence-corrected chi connectivity index (χ0v) is 10.8. The molecule has 1 aliphatic carbocycles. The first-order valence-corrected chi connectivity index (χ1v) is 7.61. The summed E-state index contributed by atoms with van der Waals surface area (Å²) in [4.78, 5) is 28.8. The first-order chi connectivity index (χ1) is 7.70. The Balaban J connectivity index is 2.65. The van der Waals surface area contributed by atoms with Crippen LogP contribution in [0.2, 0.25) is 0 Å². The van der Waals surface area contributed by atoms with E-state index in [2.05, 4.69) is 5.73 Å². The van der Waals surface area contributed by atoms with Crippen LogP contribution in [0.25, 0.3) is 0 Å². The molecular formula is C10H21NO5P+. The van der Waals surface area contributed by atoms with Gasteiger partial charge in [0.2, 0.25) is 0 Å². The summed E-state index contributed by atoms with van der Waals surface area (Å²) in [6.07, 6.45) is 1.99. The zero-order chi connectivity index (χ0) is 13.2. The Kier molecular flexibility index (Phi) is 4.72. The molecule has 1 saturated carbocycles. The first kappa shape index (κ1) is 14.6. The molecule has 1 aliphatic rings. The fraction of sp³-hybridized carbons (Fsp3) is 0.900. The van der Waals surface area contributed by atoms with Crippen LogP contribution >= 0.6 is 7.60 Å². The van der Waals surface area contributed by atoms with Crippen molar-refractivity contribution in [3.63, 3.8) is 0 Å². The predicted molar refractivity (Wildman–Crippen MR) is 61.2 cm³/mol. The standard InChI is InChI=1S/C10H20NO5P/c1-6-2-3-7(5-17(14,15)16)4-8(6)9(11)10(12)13/h6-9H,2-5,11H2,1H3,(H,12,13)(H2,14,15,16)/p+1/t6-,7?,8-,9+/m0/s1. The average Bonchev–Trinajstić information content (AvgIpc) is 2.17. The highest BCUT2D eigenvalue weighted by molar-refractivity contribution is 7.51. The number of hydrogen-bond donors (Lipinski definition) is 4. The fourth-order valence-corrected chi connectivity index (χ4v) is 3.70. The molecule has 0 aromatic carbocycles. The van der Waals surface area contributed by atoms with E-state index >= 15 is 0 Å². The summed E-state index contributed by atoms with van der Waals surface area (Å²) in [5.41, 5.74) is 3.65. The van der Waals surface area contributed by atoms with Gasteiger partial charge in [-0.3, -0.25) is 4.57 Å². The van der Waals surface area contributed by atoms with Crippen molar-refractivity contribution in [3.8, 4) is 0 Å². The van der Waals surface area contributed by atoms with Crippen LogP contribution in [-0.2, 0) is 9.36 Å². The topological polar surface area (TPSA) is 122 Å². The third-order valence-corrected chi connectivity index (χ3v) is 4.69. The molecule has 0 aromatic rings. The third-order valence-electron chi connectivity index (χ3n) is 3.70. The second kappa shape index (κ2) is 5.48. The Bertz CT molecular complexity index is 329. The maximum atomic E-state index is 11.0. The number of aliphatic carboxylic acids is 1. The monoisotopic (exact) mass is 266 g/mol. The number of hydrogen-bond acceptors (Lipinski definition) is 2. The van der Waals surface area contributed by atoms with Crippen molar-refractivity contribution in [1.82, 2.24) is 0 Å². The van der Waals surface area contributed by atoms with Gasteiger partial charge in [-0.25, -0.2) is 4.79 Å². The first-order valence-electron chi connectivity index (χ1n) is 5.81. The lowest BCUT2D eigenvalue weighted by molar-refractivity contribution is -0.424. The average molecular weight is 266 g/mol. The van der Waals surface area contributed by atoms with E-state index in [0.717, 1.165) is 12.8 Å². The summed E-state index contributed by atoms with van der Waals surface area (Å²) >= 11 is 0. The Morgan fingerprint density at radius 2 is 2.06 bits per heavy atom. The summed E-state index contributed by atoms with van der Waals surface area (Å²) < 4.78 is 11.0. The van der Waals surface area contributed by atoms with E-state index in [0.29, 0.717) is 6.42 Å². The molecule has 6 N–H and O–H groups in total. The quantitative estimate of drug-likeness (QED) is 0.530. The molecule has 0 amide bonds. The number of quaternary nitrogens is 1. The Labute approximate surface area is 100 Å². The number of rotatable bonds is 4. The van der Waals surface area contributed by atoms with Crippen LogP contribution in [0.5, 0.6) is 0 Å². The molecule has 4 atom stereocenters. The largest absolute Gasteiger partial charge is 0.477 e. The molecule has 6 nitrogen and oxygen atoms in total. The van der Waals surface area contributed by atoms with Gasteiger partial charge in [0.1, 0.15) is 0 Å². The van der Waals surface area contributed by atoms with Crippen molar-refractivity contribution < 1.29 is 30.0 Å². The molecule has 0 bridgehead atoms. The van der Waals surface area contributed by atoms with Crippen LogP contribution in [-0.4, -0.2) is 33.1 Å². The number of carboxylic acid groups (broad SMARTS) is 1. The van der Waals surface area contributed by atoms with E-state index in [1.807, 2.05) is 6.92 Å². The van der Waals surface area contributed by atoms with Crippen molar-refractivity contribution in [2.75, 3.05) is 6.16 Å². The van der Waals surface area contributed by atoms with E-state index in [9.17, 15) is 9.36 Å². The molecule has 1 fully saturated rings. The van der Waals surface area contributed by atoms with Gasteiger partial charge in [0, 0.05) is 5.92 Å². The van der Waals surface area contributed by atoms with E-state index in [4.69, 9.17) is 14.9 Å². The Hall–Kier alpha value is -0.420. The lowest BCUT2D eigenvalue weighted by Gasteiger charge is -2.34. The summed E-state index contributed by atoms with van der Waals surface area (Å²) in [5.74, 6) is -0.848. The van der Waals surface area contributed by atoms with Crippen molar-refractivity contribution >= 4 is 13.6 Å². The SMILES string of the molecule is C[C@H]1CCC(CP(=O)(O)O)C[C@@H]1[C@@H]([NH3+])C(=O)O. The summed E-state index contributed by atoms with van der Waals surface area (Å²) in [6.45, 7) is 1.99. The van der Waals surface area contributed by atoms with Crippen LogP contribution < -0.4 is 5.73 Å². The molecular weight excluding hydrogens is 245 g/mol. The second-order valence-corrected chi connectivity index (χ2v) is 6.81. The normalized spacial score (nSPS) is 32.1. The molecule has 7 heteroatoms. The van der Waals surface area contributed by atoms with Crippen molar-refractivity contribution in [2.45, 2.75) is 32.2 Å². The van der Waals surface area contributed by atoms with Crippen molar-refractivity contribution in [2.24, 2.45) is 17.8 Å². The van der Waals surface area contributed by atoms with Gasteiger partial charge in [-0.1, -0.05) is 6.92 Å². The van der Waals surface area contributed by atoms with Gasteiger partial charge in [0.15, 0.2) is 6.04 Å². The van der Waals surface area contributed by atoms with E-state index in [-0.39, 0.29) is 23.9 Å². The van der Waals surface area contributed by atoms with E-state index in [1.54, 1.807) is 0 Å². The number of carboxylic acids is 1. The molecule has 0 radical (unpaired) electrons. The highest BCUT2D eigenvalue weighted by atomic mass is 31.2. The van der Waals surface area contributed by atoms with Crippen LogP contribution in [0.1, 0.15) is 26.2 Å². The van der Waals surface area contributed by atoms with Crippen molar-refractivity contribution in [1.29, 1.82) is 0 Å². The molecule has 1 unspecified atom stereocenters. The summed E-state index contributed by atoms with van der Waals surface area (Å²) in [6, 6.07) is -0.690. The summed E-state index contributed by atoms with van der Waals surface area (Å²) in [5, 5.41) is 8.95. The Morgan fingerprint density at radius 3 is 2.53 bits per heavy atom. The van der Waals surface area contributed by atoms with Crippen LogP contribution in [0.4, 0.5) is 0 Å². The molecule has 17 heavy (non-hydrogen) atoms. The predicted octanol–water partition coefficient (Wildman–Crippen LogP) is -0.0884. The maximum Gasteiger partial charge on any atom is 0.362 e. The molecule has 1 rings (SSSR count). The second-order valence-electron chi connectivity index (χ2n) is 5.11.